The van der Waals surface area contributed by atoms with E-state index in [2.05, 4.69) is 5.32 Å². The minimum Gasteiger partial charge on any atom is -0.374 e. The summed E-state index contributed by atoms with van der Waals surface area (Å²) in [5.74, 6) is -0.942. The van der Waals surface area contributed by atoms with Crippen LogP contribution in [0.2, 0.25) is 0 Å². The molecule has 0 aliphatic heterocycles. The van der Waals surface area contributed by atoms with Gasteiger partial charge in [-0.2, -0.15) is 0 Å². The Bertz CT molecular complexity index is 817. The van der Waals surface area contributed by atoms with Gasteiger partial charge in [0.15, 0.2) is 0 Å². The lowest BCUT2D eigenvalue weighted by atomic mass is 10.0. The third-order valence-electron chi connectivity index (χ3n) is 5.13. The molecule has 0 aromatic heterocycles. The minimum atomic E-state index is -0.594. The zero-order valence-corrected chi connectivity index (χ0v) is 17.3. The van der Waals surface area contributed by atoms with E-state index in [0.29, 0.717) is 28.8 Å². The number of benzene rings is 2. The van der Waals surface area contributed by atoms with Crippen LogP contribution in [0.15, 0.2) is 30.3 Å². The van der Waals surface area contributed by atoms with Crippen molar-refractivity contribution in [2.24, 2.45) is 0 Å². The third kappa shape index (κ3) is 6.82. The molecule has 0 bridgehead atoms. The van der Waals surface area contributed by atoms with Crippen LogP contribution in [0.5, 0.6) is 0 Å². The van der Waals surface area contributed by atoms with Gasteiger partial charge in [-0.05, 0) is 80.5 Å². The highest BCUT2D eigenvalue weighted by molar-refractivity contribution is 5.83. The number of hydroxylamine groups is 1. The fourth-order valence-electron chi connectivity index (χ4n) is 3.47. The van der Waals surface area contributed by atoms with E-state index in [1.54, 1.807) is 38.4 Å². The number of carbonyl (C=O) groups is 1. The maximum atomic E-state index is 13.8. The highest BCUT2D eigenvalue weighted by Crippen LogP contribution is 2.21. The van der Waals surface area contributed by atoms with Gasteiger partial charge in [-0.15, -0.1) is 0 Å². The van der Waals surface area contributed by atoms with Gasteiger partial charge in [0.25, 0.3) is 5.91 Å². The van der Waals surface area contributed by atoms with Gasteiger partial charge in [0.2, 0.25) is 0 Å². The number of halogens is 2. The van der Waals surface area contributed by atoms with Crippen LogP contribution in [-0.2, 0) is 11.2 Å². The third-order valence-corrected chi connectivity index (χ3v) is 5.13. The number of rotatable bonds is 10. The number of nitrogens with one attached hydrogen (secondary N) is 2. The van der Waals surface area contributed by atoms with Crippen LogP contribution in [-0.4, -0.2) is 17.2 Å². The minimum absolute atomic E-state index is 0.180. The molecule has 0 aliphatic rings. The molecule has 6 heteroatoms. The lowest BCUT2D eigenvalue weighted by Gasteiger charge is -2.19. The summed E-state index contributed by atoms with van der Waals surface area (Å²) < 4.78 is 27.1. The van der Waals surface area contributed by atoms with Crippen LogP contribution in [0.25, 0.3) is 0 Å². The van der Waals surface area contributed by atoms with Crippen molar-refractivity contribution in [1.29, 1.82) is 0 Å². The van der Waals surface area contributed by atoms with Crippen LogP contribution in [0, 0.1) is 32.4 Å². The largest absolute Gasteiger partial charge is 0.374 e. The van der Waals surface area contributed by atoms with Crippen molar-refractivity contribution in [3.05, 3.63) is 64.2 Å². The Hall–Kier alpha value is -2.47. The summed E-state index contributed by atoms with van der Waals surface area (Å²) in [6, 6.07) is 7.93. The van der Waals surface area contributed by atoms with E-state index >= 15 is 0 Å². The molecule has 0 radical (unpaired) electrons. The van der Waals surface area contributed by atoms with Crippen LogP contribution < -0.4 is 10.8 Å². The van der Waals surface area contributed by atoms with Gasteiger partial charge < -0.3 is 5.32 Å². The van der Waals surface area contributed by atoms with Gasteiger partial charge in [-0.3, -0.25) is 10.0 Å². The fraction of sp³-hybridized carbons (Fsp3) is 0.435. The SMILES string of the molecule is Cc1cc(CCCCCC[C@@H](Nc2cc(C)c(F)c(C)c2)C(=O)NO)ccc1F. The molecular weight excluding hydrogens is 374 g/mol. The Labute approximate surface area is 171 Å². The molecule has 0 unspecified atom stereocenters. The van der Waals surface area contributed by atoms with E-state index in [1.165, 1.54) is 6.07 Å². The molecule has 1 atom stereocenters. The van der Waals surface area contributed by atoms with E-state index < -0.39 is 11.9 Å². The second kappa shape index (κ2) is 10.9. The zero-order valence-electron chi connectivity index (χ0n) is 17.3. The second-order valence-electron chi connectivity index (χ2n) is 7.63. The molecule has 0 spiro atoms. The molecule has 0 saturated heterocycles. The summed E-state index contributed by atoms with van der Waals surface area (Å²) in [4.78, 5) is 12.0. The molecule has 3 N–H and O–H groups in total. The first-order valence-electron chi connectivity index (χ1n) is 10.0. The topological polar surface area (TPSA) is 61.4 Å². The molecule has 0 saturated carbocycles. The summed E-state index contributed by atoms with van der Waals surface area (Å²) in [5, 5.41) is 12.1. The zero-order chi connectivity index (χ0) is 21.4. The van der Waals surface area contributed by atoms with E-state index in [9.17, 15) is 13.6 Å². The van der Waals surface area contributed by atoms with E-state index in [4.69, 9.17) is 5.21 Å². The van der Waals surface area contributed by atoms with Crippen molar-refractivity contribution in [3.63, 3.8) is 0 Å². The Morgan fingerprint density at radius 3 is 2.24 bits per heavy atom. The Morgan fingerprint density at radius 1 is 0.966 bits per heavy atom. The standard InChI is InChI=1S/C23H30F2N2O2/c1-15-12-18(10-11-20(15)24)8-6-4-5-7-9-21(23(28)27-29)26-19-13-16(2)22(25)17(3)14-19/h10-14,21,26,29H,4-9H2,1-3H3,(H,27,28)/t21-/m1/s1. The van der Waals surface area contributed by atoms with E-state index in [-0.39, 0.29) is 11.6 Å². The van der Waals surface area contributed by atoms with Crippen molar-refractivity contribution in [2.45, 2.75) is 65.3 Å². The number of carbonyl (C=O) groups excluding carboxylic acids is 1. The molecule has 2 aromatic carbocycles. The van der Waals surface area contributed by atoms with Crippen LogP contribution in [0.4, 0.5) is 14.5 Å². The van der Waals surface area contributed by atoms with E-state index in [1.807, 2.05) is 12.1 Å². The number of aryl methyl sites for hydroxylation is 4. The van der Waals surface area contributed by atoms with Crippen molar-refractivity contribution < 1.29 is 18.8 Å². The molecule has 0 fully saturated rings. The predicted octanol–water partition coefficient (Wildman–Crippen LogP) is 5.37. The summed E-state index contributed by atoms with van der Waals surface area (Å²) in [7, 11) is 0. The lowest BCUT2D eigenvalue weighted by molar-refractivity contribution is -0.130. The average molecular weight is 405 g/mol. The van der Waals surface area contributed by atoms with Crippen molar-refractivity contribution >= 4 is 11.6 Å². The quantitative estimate of drug-likeness (QED) is 0.283. The van der Waals surface area contributed by atoms with Crippen molar-refractivity contribution in [3.8, 4) is 0 Å². The number of unbranched alkanes of at least 4 members (excludes halogenated alkanes) is 3. The summed E-state index contributed by atoms with van der Waals surface area (Å²) >= 11 is 0. The lowest BCUT2D eigenvalue weighted by Crippen LogP contribution is -2.38. The molecule has 4 nitrogen and oxygen atoms in total. The summed E-state index contributed by atoms with van der Waals surface area (Å²) in [6.45, 7) is 5.12. The van der Waals surface area contributed by atoms with Gasteiger partial charge in [-0.1, -0.05) is 31.4 Å². The second-order valence-corrected chi connectivity index (χ2v) is 7.63. The first-order chi connectivity index (χ1) is 13.8. The molecule has 29 heavy (non-hydrogen) atoms. The monoisotopic (exact) mass is 404 g/mol. The molecule has 2 aromatic rings. The predicted molar refractivity (Wildman–Crippen MR) is 111 cm³/mol. The maximum absolute atomic E-state index is 13.8. The number of anilines is 1. The fourth-order valence-corrected chi connectivity index (χ4v) is 3.47. The van der Waals surface area contributed by atoms with Gasteiger partial charge in [0.05, 0.1) is 0 Å². The number of amides is 1. The van der Waals surface area contributed by atoms with E-state index in [0.717, 1.165) is 37.7 Å². The molecule has 0 aliphatic carbocycles. The van der Waals surface area contributed by atoms with Crippen LogP contribution >= 0.6 is 0 Å². The average Bonchev–Trinajstić information content (AvgIpc) is 2.69. The Morgan fingerprint density at radius 2 is 1.62 bits per heavy atom. The maximum Gasteiger partial charge on any atom is 0.265 e. The Balaban J connectivity index is 1.80. The van der Waals surface area contributed by atoms with Crippen LogP contribution in [0.1, 0.15) is 54.4 Å². The van der Waals surface area contributed by atoms with Crippen LogP contribution in [0.3, 0.4) is 0 Å². The molecule has 158 valence electrons. The highest BCUT2D eigenvalue weighted by atomic mass is 19.1. The highest BCUT2D eigenvalue weighted by Gasteiger charge is 2.18. The first-order valence-corrected chi connectivity index (χ1v) is 10.0. The van der Waals surface area contributed by atoms with Crippen molar-refractivity contribution in [1.82, 2.24) is 5.48 Å². The molecule has 2 rings (SSSR count). The number of hydrogen-bond acceptors (Lipinski definition) is 3. The van der Waals surface area contributed by atoms with Gasteiger partial charge in [-0.25, -0.2) is 14.3 Å². The molecule has 1 amide bonds. The van der Waals surface area contributed by atoms with Crippen molar-refractivity contribution in [2.75, 3.05) is 5.32 Å². The summed E-state index contributed by atoms with van der Waals surface area (Å²) in [5.41, 5.74) is 5.16. The number of hydrogen-bond donors (Lipinski definition) is 3. The van der Waals surface area contributed by atoms with Gasteiger partial charge in [0.1, 0.15) is 17.7 Å². The van der Waals surface area contributed by atoms with Gasteiger partial charge in [0, 0.05) is 5.69 Å². The summed E-state index contributed by atoms with van der Waals surface area (Å²) in [6.07, 6.45) is 5.20. The molecule has 0 heterocycles. The van der Waals surface area contributed by atoms with Gasteiger partial charge >= 0.3 is 0 Å². The Kier molecular flexibility index (Phi) is 8.58. The smallest absolute Gasteiger partial charge is 0.265 e. The molecular formula is C23H30F2N2O2. The first kappa shape index (κ1) is 22.8. The normalized spacial score (nSPS) is 11.9.